The lowest BCUT2D eigenvalue weighted by Gasteiger charge is -2.26. The van der Waals surface area contributed by atoms with Gasteiger partial charge in [0.1, 0.15) is 17.3 Å². The number of aryl methyl sites for hydroxylation is 1. The van der Waals surface area contributed by atoms with Crippen molar-refractivity contribution in [2.75, 3.05) is 12.4 Å². The zero-order chi connectivity index (χ0) is 20.0. The fourth-order valence-corrected chi connectivity index (χ4v) is 5.22. The van der Waals surface area contributed by atoms with E-state index in [2.05, 4.69) is 35.4 Å². The summed E-state index contributed by atoms with van der Waals surface area (Å²) in [5.41, 5.74) is 2.92. The largest absolute Gasteiger partial charge is 0.496 e. The Balaban J connectivity index is 1.51. The van der Waals surface area contributed by atoms with Crippen molar-refractivity contribution in [3.05, 3.63) is 42.1 Å². The van der Waals surface area contributed by atoms with Gasteiger partial charge in [0.05, 0.1) is 24.3 Å². The van der Waals surface area contributed by atoms with Gasteiger partial charge in [0.25, 0.3) is 0 Å². The highest BCUT2D eigenvalue weighted by Gasteiger charge is 2.20. The van der Waals surface area contributed by atoms with Crippen LogP contribution in [0.5, 0.6) is 5.75 Å². The van der Waals surface area contributed by atoms with Crippen LogP contribution in [0.25, 0.3) is 26.3 Å². The molecule has 1 aromatic carbocycles. The van der Waals surface area contributed by atoms with E-state index in [4.69, 9.17) is 9.84 Å². The van der Waals surface area contributed by atoms with E-state index in [9.17, 15) is 5.11 Å². The molecule has 1 aliphatic rings. The first kappa shape index (κ1) is 18.4. The van der Waals surface area contributed by atoms with Crippen LogP contribution in [0.1, 0.15) is 31.2 Å². The molecule has 4 aromatic rings. The number of aliphatic hydroxyl groups is 1. The van der Waals surface area contributed by atoms with Gasteiger partial charge in [0, 0.05) is 10.7 Å². The molecule has 0 amide bonds. The van der Waals surface area contributed by atoms with E-state index >= 15 is 0 Å². The van der Waals surface area contributed by atoms with Crippen LogP contribution in [-0.2, 0) is 0 Å². The Labute approximate surface area is 173 Å². The van der Waals surface area contributed by atoms with Gasteiger partial charge in [-0.05, 0) is 73.9 Å². The van der Waals surface area contributed by atoms with Crippen molar-refractivity contribution in [2.24, 2.45) is 0 Å². The van der Waals surface area contributed by atoms with E-state index in [1.807, 2.05) is 22.8 Å². The number of fused-ring (bicyclic) bond motifs is 2. The van der Waals surface area contributed by atoms with Crippen molar-refractivity contribution in [1.82, 2.24) is 14.6 Å². The molecule has 150 valence electrons. The highest BCUT2D eigenvalue weighted by molar-refractivity contribution is 7.22. The molecule has 1 aliphatic carbocycles. The fraction of sp³-hybridized carbons (Fsp3) is 0.364. The third kappa shape index (κ3) is 3.45. The monoisotopic (exact) mass is 408 g/mol. The first-order chi connectivity index (χ1) is 14.1. The first-order valence-corrected chi connectivity index (χ1v) is 10.8. The number of aromatic nitrogens is 3. The van der Waals surface area contributed by atoms with Crippen LogP contribution < -0.4 is 10.1 Å². The lowest BCUT2D eigenvalue weighted by Crippen LogP contribution is -2.30. The number of anilines is 1. The minimum atomic E-state index is -0.215. The Hall–Kier alpha value is -2.64. The molecular formula is C22H24N4O2S. The number of nitrogens with one attached hydrogen (secondary N) is 1. The number of hydrogen-bond acceptors (Lipinski definition) is 6. The molecule has 0 aliphatic heterocycles. The Morgan fingerprint density at radius 1 is 1.24 bits per heavy atom. The number of thiophene rings is 1. The fourth-order valence-electron chi connectivity index (χ4n) is 4.15. The highest BCUT2D eigenvalue weighted by Crippen LogP contribution is 2.37. The van der Waals surface area contributed by atoms with Gasteiger partial charge < -0.3 is 15.2 Å². The van der Waals surface area contributed by atoms with Gasteiger partial charge in [0.15, 0.2) is 5.65 Å². The lowest BCUT2D eigenvalue weighted by atomic mass is 9.93. The van der Waals surface area contributed by atoms with Crippen molar-refractivity contribution in [3.63, 3.8) is 0 Å². The molecule has 5 rings (SSSR count). The zero-order valence-electron chi connectivity index (χ0n) is 16.6. The number of rotatable bonds is 4. The summed E-state index contributed by atoms with van der Waals surface area (Å²) in [6, 6.07) is 10.7. The average molecular weight is 409 g/mol. The summed E-state index contributed by atoms with van der Waals surface area (Å²) in [6.45, 7) is 2.06. The molecular weight excluding hydrogens is 384 g/mol. The van der Waals surface area contributed by atoms with Crippen LogP contribution in [0.4, 0.5) is 5.82 Å². The zero-order valence-corrected chi connectivity index (χ0v) is 17.4. The molecule has 6 nitrogen and oxygen atoms in total. The van der Waals surface area contributed by atoms with E-state index in [1.165, 1.54) is 10.1 Å². The molecule has 0 spiro atoms. The molecule has 3 aromatic heterocycles. The Morgan fingerprint density at radius 3 is 2.97 bits per heavy atom. The molecule has 1 unspecified atom stereocenters. The number of hydrogen-bond donors (Lipinski definition) is 2. The number of imidazole rings is 1. The maximum absolute atomic E-state index is 9.93. The summed E-state index contributed by atoms with van der Waals surface area (Å²) in [6.07, 6.45) is 5.44. The van der Waals surface area contributed by atoms with Gasteiger partial charge in [0.2, 0.25) is 0 Å². The molecule has 0 radical (unpaired) electrons. The van der Waals surface area contributed by atoms with Crippen LogP contribution in [-0.4, -0.2) is 39.0 Å². The molecule has 2 atom stereocenters. The van der Waals surface area contributed by atoms with Crippen molar-refractivity contribution >= 4 is 32.9 Å². The van der Waals surface area contributed by atoms with Crippen LogP contribution >= 0.6 is 11.3 Å². The number of nitrogens with zero attached hydrogens (tertiary/aromatic N) is 3. The summed E-state index contributed by atoms with van der Waals surface area (Å²) in [4.78, 5) is 5.65. The number of ether oxygens (including phenoxy) is 1. The first-order valence-electron chi connectivity index (χ1n) is 9.98. The second-order valence-corrected chi connectivity index (χ2v) is 8.85. The van der Waals surface area contributed by atoms with Crippen molar-refractivity contribution in [2.45, 2.75) is 44.8 Å². The molecule has 1 saturated carbocycles. The minimum absolute atomic E-state index is 0.215. The summed E-state index contributed by atoms with van der Waals surface area (Å²) in [5.74, 6) is 1.72. The summed E-state index contributed by atoms with van der Waals surface area (Å²) in [7, 11) is 1.71. The minimum Gasteiger partial charge on any atom is -0.496 e. The molecule has 1 fully saturated rings. The smallest absolute Gasteiger partial charge is 0.154 e. The highest BCUT2D eigenvalue weighted by atomic mass is 32.1. The topological polar surface area (TPSA) is 71.7 Å². The number of methoxy groups -OCH3 is 1. The maximum Gasteiger partial charge on any atom is 0.154 e. The van der Waals surface area contributed by atoms with E-state index in [0.29, 0.717) is 0 Å². The van der Waals surface area contributed by atoms with E-state index < -0.39 is 0 Å². The lowest BCUT2D eigenvalue weighted by molar-refractivity contribution is 0.124. The second-order valence-electron chi connectivity index (χ2n) is 7.76. The predicted octanol–water partition coefficient (Wildman–Crippen LogP) is 4.64. The van der Waals surface area contributed by atoms with Crippen LogP contribution in [0.2, 0.25) is 0 Å². The number of benzene rings is 1. The molecule has 3 heterocycles. The third-order valence-corrected chi connectivity index (χ3v) is 6.77. The summed E-state index contributed by atoms with van der Waals surface area (Å²) < 4.78 is 8.55. The third-order valence-electron chi connectivity index (χ3n) is 5.65. The second kappa shape index (κ2) is 7.31. The molecule has 0 bridgehead atoms. The number of aliphatic hydroxyl groups excluding tert-OH is 1. The average Bonchev–Trinajstić information content (AvgIpc) is 3.30. The van der Waals surface area contributed by atoms with Crippen molar-refractivity contribution in [1.29, 1.82) is 0 Å². The van der Waals surface area contributed by atoms with Crippen molar-refractivity contribution in [3.8, 4) is 16.3 Å². The van der Waals surface area contributed by atoms with Gasteiger partial charge in [-0.15, -0.1) is 16.4 Å². The Morgan fingerprint density at radius 2 is 2.14 bits per heavy atom. The summed E-state index contributed by atoms with van der Waals surface area (Å²) >= 11 is 1.72. The van der Waals surface area contributed by atoms with Crippen LogP contribution in [0.15, 0.2) is 36.5 Å². The van der Waals surface area contributed by atoms with Gasteiger partial charge in [-0.25, -0.2) is 9.50 Å². The Kier molecular flexibility index (Phi) is 4.64. The van der Waals surface area contributed by atoms with Gasteiger partial charge >= 0.3 is 0 Å². The summed E-state index contributed by atoms with van der Waals surface area (Å²) in [5, 5.41) is 19.4. The maximum atomic E-state index is 9.93. The molecule has 0 saturated heterocycles. The van der Waals surface area contributed by atoms with Gasteiger partial charge in [-0.2, -0.15) is 0 Å². The quantitative estimate of drug-likeness (QED) is 0.515. The molecule has 29 heavy (non-hydrogen) atoms. The van der Waals surface area contributed by atoms with E-state index in [1.54, 1.807) is 18.4 Å². The standard InChI is InChI=1S/C22H24N4O2S/c1-13-8-14-9-20(29-19(14)11-18(13)28-2)17-12-23-22-7-6-21(25-26(17)22)24-15-4-3-5-16(27)10-15/h6-9,11-12,15-16,27H,3-5,10H2,1-2H3,(H,24,25)/t15?,16-/m0/s1. The molecule has 7 heteroatoms. The van der Waals surface area contributed by atoms with E-state index in [0.717, 1.165) is 59.0 Å². The van der Waals surface area contributed by atoms with Gasteiger partial charge in [-0.1, -0.05) is 0 Å². The van der Waals surface area contributed by atoms with E-state index in [-0.39, 0.29) is 12.1 Å². The molecule has 2 N–H and O–H groups in total. The van der Waals surface area contributed by atoms with Gasteiger partial charge in [-0.3, -0.25) is 0 Å². The SMILES string of the molecule is COc1cc2sc(-c3cnc4ccc(NC5CCC[C@H](O)C5)nn34)cc2cc1C. The van der Waals surface area contributed by atoms with Crippen molar-refractivity contribution < 1.29 is 9.84 Å². The van der Waals surface area contributed by atoms with Crippen LogP contribution in [0.3, 0.4) is 0 Å². The van der Waals surface area contributed by atoms with Crippen LogP contribution in [0, 0.1) is 6.92 Å². The predicted molar refractivity (Wildman–Crippen MR) is 117 cm³/mol. The normalized spacial score (nSPS) is 19.7. The Bertz CT molecular complexity index is 1180.